The second kappa shape index (κ2) is 4.65. The van der Waals surface area contributed by atoms with E-state index in [1.165, 1.54) is 24.8 Å². The van der Waals surface area contributed by atoms with Gasteiger partial charge in [-0.25, -0.2) is 0 Å². The molecule has 0 amide bonds. The minimum Gasteiger partial charge on any atom is -0.310 e. The molecule has 1 heterocycles. The second-order valence-corrected chi connectivity index (χ2v) is 4.96. The highest BCUT2D eigenvalue weighted by atomic mass is 79.9. The first-order valence-corrected chi connectivity index (χ1v) is 6.13. The quantitative estimate of drug-likeness (QED) is 0.818. The molecule has 1 N–H and O–H groups in total. The maximum Gasteiger partial charge on any atom is 0.0417 e. The van der Waals surface area contributed by atoms with Crippen LogP contribution in [0.15, 0.2) is 22.7 Å². The zero-order chi connectivity index (χ0) is 9.97. The van der Waals surface area contributed by atoms with Crippen molar-refractivity contribution in [2.45, 2.75) is 25.3 Å². The number of piperidine rings is 1. The Labute approximate surface area is 98.0 Å². The minimum atomic E-state index is 0.496. The molecule has 1 fully saturated rings. The van der Waals surface area contributed by atoms with E-state index in [2.05, 4.69) is 27.3 Å². The summed E-state index contributed by atoms with van der Waals surface area (Å²) in [6, 6.07) is 6.52. The third kappa shape index (κ3) is 2.30. The minimum absolute atomic E-state index is 0.496. The number of nitrogens with one attached hydrogen (secondary N) is 1. The summed E-state index contributed by atoms with van der Waals surface area (Å²) in [6.07, 6.45) is 3.83. The summed E-state index contributed by atoms with van der Waals surface area (Å²) in [5.41, 5.74) is 1.33. The van der Waals surface area contributed by atoms with Crippen molar-refractivity contribution >= 4 is 27.5 Å². The largest absolute Gasteiger partial charge is 0.310 e. The van der Waals surface area contributed by atoms with Crippen molar-refractivity contribution in [1.29, 1.82) is 0 Å². The fraction of sp³-hybridized carbons (Fsp3) is 0.455. The lowest BCUT2D eigenvalue weighted by Gasteiger charge is -2.24. The van der Waals surface area contributed by atoms with Gasteiger partial charge in [0.05, 0.1) is 0 Å². The van der Waals surface area contributed by atoms with Crippen LogP contribution in [0.25, 0.3) is 0 Å². The maximum atomic E-state index is 5.91. The van der Waals surface area contributed by atoms with Crippen molar-refractivity contribution in [3.8, 4) is 0 Å². The summed E-state index contributed by atoms with van der Waals surface area (Å²) in [5.74, 6) is 0. The highest BCUT2D eigenvalue weighted by Gasteiger charge is 2.16. The highest BCUT2D eigenvalue weighted by Crippen LogP contribution is 2.30. The van der Waals surface area contributed by atoms with Crippen molar-refractivity contribution in [3.05, 3.63) is 33.3 Å². The van der Waals surface area contributed by atoms with Crippen LogP contribution in [-0.2, 0) is 0 Å². The number of benzene rings is 1. The molecule has 1 atom stereocenters. The van der Waals surface area contributed by atoms with E-state index in [1.54, 1.807) is 0 Å². The zero-order valence-corrected chi connectivity index (χ0v) is 10.2. The van der Waals surface area contributed by atoms with E-state index in [0.29, 0.717) is 6.04 Å². The first-order valence-electron chi connectivity index (χ1n) is 4.96. The molecule has 76 valence electrons. The molecule has 1 aromatic carbocycles. The van der Waals surface area contributed by atoms with Crippen molar-refractivity contribution in [3.63, 3.8) is 0 Å². The Balaban J connectivity index is 2.22. The van der Waals surface area contributed by atoms with Crippen LogP contribution in [-0.4, -0.2) is 6.54 Å². The normalized spacial score (nSPS) is 22.3. The summed E-state index contributed by atoms with van der Waals surface area (Å²) < 4.78 is 1.12. The Hall–Kier alpha value is -0.0500. The van der Waals surface area contributed by atoms with Gasteiger partial charge in [0.25, 0.3) is 0 Å². The summed E-state index contributed by atoms with van der Waals surface area (Å²) in [5, 5.41) is 4.31. The third-order valence-electron chi connectivity index (χ3n) is 2.65. The van der Waals surface area contributed by atoms with Gasteiger partial charge in [0.15, 0.2) is 0 Å². The SMILES string of the molecule is Clc1ccc(C2CCCCN2)c(Br)c1. The van der Waals surface area contributed by atoms with Gasteiger partial charge in [-0.15, -0.1) is 0 Å². The number of rotatable bonds is 1. The predicted molar refractivity (Wildman–Crippen MR) is 63.7 cm³/mol. The zero-order valence-electron chi connectivity index (χ0n) is 7.89. The summed E-state index contributed by atoms with van der Waals surface area (Å²) in [7, 11) is 0. The fourth-order valence-electron chi connectivity index (χ4n) is 1.90. The number of hydrogen-bond acceptors (Lipinski definition) is 1. The molecular weight excluding hydrogens is 261 g/mol. The maximum absolute atomic E-state index is 5.91. The number of hydrogen-bond donors (Lipinski definition) is 1. The molecule has 0 aliphatic carbocycles. The van der Waals surface area contributed by atoms with E-state index in [0.717, 1.165) is 16.0 Å². The Kier molecular flexibility index (Phi) is 3.47. The molecule has 1 saturated heterocycles. The van der Waals surface area contributed by atoms with Crippen molar-refractivity contribution in [1.82, 2.24) is 5.32 Å². The van der Waals surface area contributed by atoms with Gasteiger partial charge in [0, 0.05) is 15.5 Å². The van der Waals surface area contributed by atoms with Gasteiger partial charge >= 0.3 is 0 Å². The molecule has 0 bridgehead atoms. The molecule has 1 aliphatic rings. The summed E-state index contributed by atoms with van der Waals surface area (Å²) >= 11 is 9.46. The predicted octanol–water partition coefficient (Wildman–Crippen LogP) is 3.92. The van der Waals surface area contributed by atoms with Crippen molar-refractivity contribution in [2.24, 2.45) is 0 Å². The average molecular weight is 275 g/mol. The van der Waals surface area contributed by atoms with E-state index in [9.17, 15) is 0 Å². The topological polar surface area (TPSA) is 12.0 Å². The molecule has 0 saturated carbocycles. The van der Waals surface area contributed by atoms with E-state index in [-0.39, 0.29) is 0 Å². The molecule has 0 radical (unpaired) electrons. The van der Waals surface area contributed by atoms with Crippen LogP contribution in [0, 0.1) is 0 Å². The van der Waals surface area contributed by atoms with Gasteiger partial charge in [0.2, 0.25) is 0 Å². The van der Waals surface area contributed by atoms with Crippen molar-refractivity contribution in [2.75, 3.05) is 6.54 Å². The molecule has 1 aromatic rings. The van der Waals surface area contributed by atoms with Crippen LogP contribution in [0.1, 0.15) is 30.9 Å². The Morgan fingerprint density at radius 1 is 1.36 bits per heavy atom. The van der Waals surface area contributed by atoms with Gasteiger partial charge in [-0.1, -0.05) is 40.0 Å². The lowest BCUT2D eigenvalue weighted by molar-refractivity contribution is 0.411. The molecule has 14 heavy (non-hydrogen) atoms. The van der Waals surface area contributed by atoms with Gasteiger partial charge in [-0.05, 0) is 37.1 Å². The first kappa shape index (κ1) is 10.5. The molecule has 1 aliphatic heterocycles. The second-order valence-electron chi connectivity index (χ2n) is 3.67. The summed E-state index contributed by atoms with van der Waals surface area (Å²) in [6.45, 7) is 1.12. The Bertz CT molecular complexity index is 321. The highest BCUT2D eigenvalue weighted by molar-refractivity contribution is 9.10. The van der Waals surface area contributed by atoms with Crippen LogP contribution in [0.5, 0.6) is 0 Å². The van der Waals surface area contributed by atoms with Crippen LogP contribution >= 0.6 is 27.5 Å². The molecule has 1 nitrogen and oxygen atoms in total. The van der Waals surface area contributed by atoms with Crippen LogP contribution in [0.3, 0.4) is 0 Å². The van der Waals surface area contributed by atoms with E-state index in [4.69, 9.17) is 11.6 Å². The standard InChI is InChI=1S/C11H13BrClN/c12-10-7-8(13)4-5-9(10)11-3-1-2-6-14-11/h4-5,7,11,14H,1-3,6H2. The van der Waals surface area contributed by atoms with E-state index < -0.39 is 0 Å². The molecule has 3 heteroatoms. The van der Waals surface area contributed by atoms with Gasteiger partial charge in [-0.3, -0.25) is 0 Å². The molecule has 1 unspecified atom stereocenters. The molecule has 0 spiro atoms. The number of halogens is 2. The van der Waals surface area contributed by atoms with Crippen LogP contribution in [0.2, 0.25) is 5.02 Å². The fourth-order valence-corrected chi connectivity index (χ4v) is 2.86. The van der Waals surface area contributed by atoms with Crippen LogP contribution in [0.4, 0.5) is 0 Å². The monoisotopic (exact) mass is 273 g/mol. The van der Waals surface area contributed by atoms with Gasteiger partial charge in [0.1, 0.15) is 0 Å². The van der Waals surface area contributed by atoms with Gasteiger partial charge < -0.3 is 5.32 Å². The lowest BCUT2D eigenvalue weighted by atomic mass is 9.98. The Morgan fingerprint density at radius 2 is 2.21 bits per heavy atom. The smallest absolute Gasteiger partial charge is 0.0417 e. The molecule has 0 aromatic heterocycles. The van der Waals surface area contributed by atoms with E-state index in [1.807, 2.05) is 12.1 Å². The molecular formula is C11H13BrClN. The van der Waals surface area contributed by atoms with E-state index >= 15 is 0 Å². The van der Waals surface area contributed by atoms with Crippen LogP contribution < -0.4 is 5.32 Å². The lowest BCUT2D eigenvalue weighted by Crippen LogP contribution is -2.26. The third-order valence-corrected chi connectivity index (χ3v) is 3.57. The first-order chi connectivity index (χ1) is 6.77. The van der Waals surface area contributed by atoms with Gasteiger partial charge in [-0.2, -0.15) is 0 Å². The summed E-state index contributed by atoms with van der Waals surface area (Å²) in [4.78, 5) is 0. The van der Waals surface area contributed by atoms with Crippen molar-refractivity contribution < 1.29 is 0 Å². The average Bonchev–Trinajstić information content (AvgIpc) is 2.19. The Morgan fingerprint density at radius 3 is 2.86 bits per heavy atom. The molecule has 2 rings (SSSR count).